The molecular formula is C96H185F6N9O13. The molecule has 5 saturated heterocycles. The molecule has 7 rings (SSSR count). The number of piperazine rings is 1. The number of likely N-dealkylation sites (N-methyl/N-ethyl adjacent to an activating group) is 1. The molecule has 9 atom stereocenters. The Morgan fingerprint density at radius 2 is 0.661 bits per heavy atom. The number of likely N-dealkylation sites (tertiary alicyclic amines) is 3. The third-order valence-corrected chi connectivity index (χ3v) is 24.5. The standard InChI is InChI=1S/C14H27NO2.C13H23F3N2O2.C13H22F3NO2.2C13H25NO2.C12H24N2O2.C12H21NO.3C2H6/c1-10-5-7-11(8-6-10)15-13(17)12(9-16)14(2,3)4;1-12(2,3)9(8-19)11(20)18-6-5-17(4)10(7-18)13(14,15)16;1-12(2,3)10(8-18)11(19)17-6-4-5-9(7-17)13(14,15)16;1-10-6-5-7-14(8-10)12(16)11(9-15)13(2,3)4;1-13(2,3)11(9-15)12(16)14-10-7-5-4-6-8-10;1-12(2,3)10(9-15)11(16)13-14-7-5-4-6-8-14;1-10(12(2,3)4)11(14)13-8-6-5-7-9-13;3*1-2/h10-12,16H,5-9H2,1-4H3,(H,15,17);9-10,19H,5-8H2,1-4H3;9-10,18H,4-8H2,1-3H3;10-11,15H,5-9H2,1-4H3;10-11,15H,4-9H2,1-3H3,(H,14,16);10,15H,4-9H2,1-3H3,(H,13,16);1,5-9H2,2-4H3;3*1-2H3. The van der Waals surface area contributed by atoms with Crippen LogP contribution in [0.15, 0.2) is 12.2 Å². The summed E-state index contributed by atoms with van der Waals surface area (Å²) in [5.41, 5.74) is 1.89. The molecule has 0 radical (unpaired) electrons. The summed E-state index contributed by atoms with van der Waals surface area (Å²) in [6.45, 7) is 65.7. The Labute approximate surface area is 749 Å². The van der Waals surface area contributed by atoms with Crippen molar-refractivity contribution >= 4 is 41.4 Å². The number of aliphatic hydroxyl groups is 6. The van der Waals surface area contributed by atoms with Crippen LogP contribution >= 0.6 is 0 Å². The number of hydrogen-bond donors (Lipinski definition) is 9. The van der Waals surface area contributed by atoms with Gasteiger partial charge < -0.3 is 60.9 Å². The molecule has 28 heteroatoms. The summed E-state index contributed by atoms with van der Waals surface area (Å²) in [6, 6.07) is -0.993. The molecule has 0 spiro atoms. The second-order valence-electron chi connectivity index (χ2n) is 42.0. The molecule has 0 aromatic heterocycles. The van der Waals surface area contributed by atoms with Crippen LogP contribution in [0, 0.1) is 91.2 Å². The van der Waals surface area contributed by atoms with E-state index >= 15 is 0 Å². The molecule has 9 N–H and O–H groups in total. The van der Waals surface area contributed by atoms with Gasteiger partial charge in [-0.25, -0.2) is 5.01 Å². The highest BCUT2D eigenvalue weighted by molar-refractivity contribution is 5.94. The van der Waals surface area contributed by atoms with E-state index in [1.165, 1.54) is 73.1 Å². The van der Waals surface area contributed by atoms with Gasteiger partial charge in [0.1, 0.15) is 6.04 Å². The molecule has 0 bridgehead atoms. The van der Waals surface area contributed by atoms with Gasteiger partial charge in [-0.1, -0.05) is 233 Å². The summed E-state index contributed by atoms with van der Waals surface area (Å²) >= 11 is 0. The fourth-order valence-corrected chi connectivity index (χ4v) is 15.4. The van der Waals surface area contributed by atoms with E-state index in [1.807, 2.05) is 160 Å². The van der Waals surface area contributed by atoms with Crippen molar-refractivity contribution < 1.29 is 90.5 Å². The predicted molar refractivity (Wildman–Crippen MR) is 491 cm³/mol. The Bertz CT molecular complexity index is 2910. The molecule has 7 aliphatic rings. The number of carbonyl (C=O) groups is 7. The van der Waals surface area contributed by atoms with Gasteiger partial charge in [0.05, 0.1) is 81.1 Å². The zero-order valence-electron chi connectivity index (χ0n) is 83.6. The van der Waals surface area contributed by atoms with E-state index in [0.717, 1.165) is 109 Å². The van der Waals surface area contributed by atoms with Gasteiger partial charge in [-0.2, -0.15) is 26.3 Å². The fraction of sp³-hybridized carbons (Fsp3) is 0.906. The number of hydrogen-bond acceptors (Lipinski definition) is 15. The van der Waals surface area contributed by atoms with E-state index in [-0.39, 0.29) is 158 Å². The van der Waals surface area contributed by atoms with E-state index in [9.17, 15) is 90.5 Å². The van der Waals surface area contributed by atoms with Crippen LogP contribution in [0.2, 0.25) is 0 Å². The topological polar surface area (TPSA) is 296 Å². The van der Waals surface area contributed by atoms with Crippen molar-refractivity contribution in [2.24, 2.45) is 91.2 Å². The van der Waals surface area contributed by atoms with Crippen LogP contribution in [0.4, 0.5) is 26.3 Å². The highest BCUT2D eigenvalue weighted by Gasteiger charge is 2.49. The average molecular weight is 1790 g/mol. The molecule has 22 nitrogen and oxygen atoms in total. The number of rotatable bonds is 16. The van der Waals surface area contributed by atoms with Gasteiger partial charge in [0, 0.05) is 89.6 Å². The quantitative estimate of drug-likeness (QED) is 0.0513. The van der Waals surface area contributed by atoms with Gasteiger partial charge in [0.15, 0.2) is 0 Å². The number of halogens is 6. The fourth-order valence-electron chi connectivity index (χ4n) is 15.4. The third-order valence-electron chi connectivity index (χ3n) is 24.5. The molecule has 124 heavy (non-hydrogen) atoms. The number of amides is 7. The molecule has 0 aromatic carbocycles. The van der Waals surface area contributed by atoms with Crippen molar-refractivity contribution in [3.63, 3.8) is 0 Å². The summed E-state index contributed by atoms with van der Waals surface area (Å²) in [5, 5.41) is 64.1. The Hall–Kier alpha value is -4.71. The summed E-state index contributed by atoms with van der Waals surface area (Å²) < 4.78 is 76.9. The van der Waals surface area contributed by atoms with Crippen LogP contribution in [-0.4, -0.2) is 251 Å². The number of piperidine rings is 4. The zero-order chi connectivity index (χ0) is 97.1. The normalized spacial score (nSPS) is 21.8. The number of nitrogens with zero attached hydrogens (tertiary/aromatic N) is 6. The number of alkyl halides is 6. The monoisotopic (exact) mass is 1790 g/mol. The van der Waals surface area contributed by atoms with Gasteiger partial charge >= 0.3 is 12.4 Å². The smallest absolute Gasteiger partial charge is 0.396 e. The van der Waals surface area contributed by atoms with E-state index in [0.29, 0.717) is 31.0 Å². The highest BCUT2D eigenvalue weighted by Crippen LogP contribution is 2.38. The lowest BCUT2D eigenvalue weighted by Crippen LogP contribution is -2.60. The van der Waals surface area contributed by atoms with Crippen molar-refractivity contribution in [2.75, 3.05) is 119 Å². The first-order valence-electron chi connectivity index (χ1n) is 47.1. The van der Waals surface area contributed by atoms with Gasteiger partial charge in [0.25, 0.3) is 0 Å². The first kappa shape index (κ1) is 123. The summed E-state index contributed by atoms with van der Waals surface area (Å²) in [6.07, 6.45) is 11.6. The third kappa shape index (κ3) is 46.7. The van der Waals surface area contributed by atoms with E-state index in [2.05, 4.69) is 36.5 Å². The van der Waals surface area contributed by atoms with Crippen LogP contribution in [0.5, 0.6) is 0 Å². The second kappa shape index (κ2) is 58.8. The van der Waals surface area contributed by atoms with Crippen LogP contribution in [0.25, 0.3) is 0 Å². The van der Waals surface area contributed by atoms with Crippen molar-refractivity contribution in [2.45, 2.75) is 353 Å². The van der Waals surface area contributed by atoms with Gasteiger partial charge in [-0.3, -0.25) is 43.9 Å². The molecule has 0 aromatic rings. The molecule has 9 unspecified atom stereocenters. The molecule has 734 valence electrons. The van der Waals surface area contributed by atoms with Crippen LogP contribution in [0.3, 0.4) is 0 Å². The molecular weight excluding hydrogens is 1600 g/mol. The van der Waals surface area contributed by atoms with Gasteiger partial charge in [-0.15, -0.1) is 0 Å². The zero-order valence-corrected chi connectivity index (χ0v) is 83.6. The maximum absolute atomic E-state index is 12.9. The predicted octanol–water partition coefficient (Wildman–Crippen LogP) is 17.0. The Balaban J connectivity index is -0.00000137. The Morgan fingerprint density at radius 1 is 0.347 bits per heavy atom. The molecule has 5 aliphatic heterocycles. The minimum absolute atomic E-state index is 0.0135. The van der Waals surface area contributed by atoms with Crippen molar-refractivity contribution in [1.82, 2.24) is 45.6 Å². The van der Waals surface area contributed by atoms with Crippen molar-refractivity contribution in [3.05, 3.63) is 12.2 Å². The lowest BCUT2D eigenvalue weighted by atomic mass is 9.80. The first-order chi connectivity index (χ1) is 57.1. The van der Waals surface area contributed by atoms with Gasteiger partial charge in [-0.05, 0) is 153 Å². The largest absolute Gasteiger partial charge is 0.405 e. The maximum Gasteiger partial charge on any atom is 0.405 e. The van der Waals surface area contributed by atoms with Crippen LogP contribution < -0.4 is 16.1 Å². The number of aliphatic hydroxyl groups excluding tert-OH is 6. The van der Waals surface area contributed by atoms with Crippen molar-refractivity contribution in [1.29, 1.82) is 0 Å². The first-order valence-corrected chi connectivity index (χ1v) is 47.1. The minimum atomic E-state index is -4.36. The van der Waals surface area contributed by atoms with Crippen LogP contribution in [-0.2, 0) is 33.6 Å². The van der Waals surface area contributed by atoms with E-state index in [4.69, 9.17) is 0 Å². The van der Waals surface area contributed by atoms with E-state index in [1.54, 1.807) is 41.5 Å². The van der Waals surface area contributed by atoms with Crippen LogP contribution in [0.1, 0.15) is 323 Å². The second-order valence-corrected chi connectivity index (χ2v) is 42.0. The van der Waals surface area contributed by atoms with E-state index < -0.39 is 52.9 Å². The average Bonchev–Trinajstić information content (AvgIpc) is 0.809. The number of nitrogens with one attached hydrogen (secondary N) is 3. The highest BCUT2D eigenvalue weighted by atomic mass is 19.4. The maximum atomic E-state index is 12.9. The lowest BCUT2D eigenvalue weighted by Gasteiger charge is -2.42. The van der Waals surface area contributed by atoms with Crippen molar-refractivity contribution in [3.8, 4) is 0 Å². The molecule has 7 amide bonds. The Morgan fingerprint density at radius 3 is 0.992 bits per heavy atom. The summed E-state index contributed by atoms with van der Waals surface area (Å²) in [7, 11) is 1.41. The molecule has 2 aliphatic carbocycles. The Kier molecular flexibility index (Phi) is 58.6. The number of carbonyl (C=O) groups excluding carboxylic acids is 7. The lowest BCUT2D eigenvalue weighted by molar-refractivity contribution is -0.195. The molecule has 2 saturated carbocycles. The van der Waals surface area contributed by atoms with Gasteiger partial charge in [0.2, 0.25) is 41.4 Å². The summed E-state index contributed by atoms with van der Waals surface area (Å²) in [4.78, 5) is 92.5. The molecule has 7 fully saturated rings. The SMILES string of the molecule is C=C(C(=O)N1CCCCC1)C(C)(C)C.CC.CC.CC.CC(C)(C)C(CO)C(=O)N1CCCC(C(F)(F)F)C1.CC(C)(C)C(CO)C(=O)NC1CCCCC1.CC(C)(C)C(CO)C(=O)NN1CCCCC1.CC1CCC(NC(=O)C(CO)C(C)(C)C)CC1.CC1CCCN(C(=O)C(CO)C(C)(C)C)C1.CN1CCN(C(=O)C(CO)C(C)(C)C)CC1C(F)(F)F. The number of hydrazine groups is 1. The summed E-state index contributed by atoms with van der Waals surface area (Å²) in [5.74, 6) is -3.12. The minimum Gasteiger partial charge on any atom is -0.396 e. The molecule has 5 heterocycles.